The number of rotatable bonds is 6. The van der Waals surface area contributed by atoms with Gasteiger partial charge in [0.05, 0.1) is 30.3 Å². The predicted molar refractivity (Wildman–Crippen MR) is 87.1 cm³/mol. The van der Waals surface area contributed by atoms with Gasteiger partial charge in [0.25, 0.3) is 5.91 Å². The van der Waals surface area contributed by atoms with Gasteiger partial charge in [0.1, 0.15) is 0 Å². The number of ether oxygens (including phenoxy) is 1. The highest BCUT2D eigenvalue weighted by Crippen LogP contribution is 2.24. The number of nitrogens with zero attached hydrogens (tertiary/aromatic N) is 1. The fourth-order valence-corrected chi connectivity index (χ4v) is 4.51. The van der Waals surface area contributed by atoms with Crippen LogP contribution in [0.25, 0.3) is 0 Å². The maximum atomic E-state index is 12.9. The van der Waals surface area contributed by atoms with Gasteiger partial charge in [-0.1, -0.05) is 13.0 Å². The summed E-state index contributed by atoms with van der Waals surface area (Å²) in [7, 11) is -3.82. The van der Waals surface area contributed by atoms with Crippen molar-refractivity contribution < 1.29 is 23.1 Å². The molecule has 2 N–H and O–H groups in total. The first kappa shape index (κ1) is 17.3. The lowest BCUT2D eigenvalue weighted by atomic mass is 10.2. The molecule has 132 valence electrons. The summed E-state index contributed by atoms with van der Waals surface area (Å²) in [5.41, 5.74) is 0.322. The van der Waals surface area contributed by atoms with Crippen molar-refractivity contribution in [2.75, 3.05) is 19.8 Å². The molecule has 1 aliphatic heterocycles. The van der Waals surface area contributed by atoms with Crippen LogP contribution in [0.2, 0.25) is 0 Å². The Bertz CT molecular complexity index is 717. The van der Waals surface area contributed by atoms with Gasteiger partial charge in [-0.05, 0) is 31.0 Å². The van der Waals surface area contributed by atoms with Crippen molar-refractivity contribution in [1.82, 2.24) is 9.62 Å². The van der Waals surface area contributed by atoms with Gasteiger partial charge in [-0.15, -0.1) is 0 Å². The third-order valence-electron chi connectivity index (χ3n) is 4.32. The van der Waals surface area contributed by atoms with Crippen molar-refractivity contribution in [3.8, 4) is 0 Å². The summed E-state index contributed by atoms with van der Waals surface area (Å²) in [6.45, 7) is 2.22. The molecule has 0 aromatic heterocycles. The number of likely N-dealkylation sites (N-methyl/N-ethyl adjacent to an activating group) is 1. The molecular weight excluding hydrogens is 332 g/mol. The van der Waals surface area contributed by atoms with Crippen LogP contribution in [-0.4, -0.2) is 61.7 Å². The summed E-state index contributed by atoms with van der Waals surface area (Å²) >= 11 is 0. The molecule has 0 bridgehead atoms. The number of aliphatic hydroxyl groups is 1. The Morgan fingerprint density at radius 2 is 2.12 bits per heavy atom. The maximum Gasteiger partial charge on any atom is 0.251 e. The molecule has 1 aliphatic carbocycles. The minimum atomic E-state index is -3.82. The van der Waals surface area contributed by atoms with Crippen molar-refractivity contribution in [1.29, 1.82) is 0 Å². The molecule has 2 unspecified atom stereocenters. The first-order valence-electron chi connectivity index (χ1n) is 8.12. The van der Waals surface area contributed by atoms with Crippen LogP contribution in [0.4, 0.5) is 0 Å². The lowest BCUT2D eigenvalue weighted by Gasteiger charge is -2.28. The Kier molecular flexibility index (Phi) is 4.91. The normalized spacial score (nSPS) is 24.3. The molecule has 8 heteroatoms. The van der Waals surface area contributed by atoms with Crippen LogP contribution < -0.4 is 5.32 Å². The van der Waals surface area contributed by atoms with Gasteiger partial charge in [-0.25, -0.2) is 8.42 Å². The zero-order chi connectivity index (χ0) is 17.3. The zero-order valence-corrected chi connectivity index (χ0v) is 14.3. The largest absolute Gasteiger partial charge is 0.389 e. The van der Waals surface area contributed by atoms with Gasteiger partial charge < -0.3 is 15.2 Å². The fraction of sp³-hybridized carbons (Fsp3) is 0.562. The Balaban J connectivity index is 1.86. The van der Waals surface area contributed by atoms with Crippen LogP contribution in [0.15, 0.2) is 29.2 Å². The number of aliphatic hydroxyl groups excluding tert-OH is 1. The smallest absolute Gasteiger partial charge is 0.251 e. The number of carbonyl (C=O) groups excluding carboxylic acids is 1. The predicted octanol–water partition coefficient (Wildman–Crippen LogP) is 0.349. The molecule has 2 atom stereocenters. The topological polar surface area (TPSA) is 95.9 Å². The van der Waals surface area contributed by atoms with Crippen molar-refractivity contribution in [2.45, 2.75) is 42.8 Å². The summed E-state index contributed by atoms with van der Waals surface area (Å²) < 4.78 is 32.3. The number of benzene rings is 1. The summed E-state index contributed by atoms with van der Waals surface area (Å²) in [6.07, 6.45) is 1.08. The number of hydrogen-bond donors (Lipinski definition) is 2. The Morgan fingerprint density at radius 3 is 2.71 bits per heavy atom. The molecule has 0 radical (unpaired) electrons. The second-order valence-corrected chi connectivity index (χ2v) is 8.05. The first-order chi connectivity index (χ1) is 11.4. The molecule has 1 amide bonds. The second-order valence-electron chi connectivity index (χ2n) is 6.16. The van der Waals surface area contributed by atoms with Crippen LogP contribution in [0, 0.1) is 0 Å². The quantitative estimate of drug-likeness (QED) is 0.768. The van der Waals surface area contributed by atoms with Gasteiger partial charge in [-0.3, -0.25) is 4.79 Å². The molecule has 3 rings (SSSR count). The minimum absolute atomic E-state index is 0.0481. The van der Waals surface area contributed by atoms with E-state index in [1.54, 1.807) is 19.1 Å². The van der Waals surface area contributed by atoms with E-state index >= 15 is 0 Å². The van der Waals surface area contributed by atoms with Crippen molar-refractivity contribution in [3.63, 3.8) is 0 Å². The minimum Gasteiger partial charge on any atom is -0.389 e. The number of nitrogens with one attached hydrogen (secondary N) is 1. The van der Waals surface area contributed by atoms with Crippen molar-refractivity contribution in [3.05, 3.63) is 29.8 Å². The molecular formula is C16H22N2O5S. The lowest BCUT2D eigenvalue weighted by Crippen LogP contribution is -2.46. The van der Waals surface area contributed by atoms with Gasteiger partial charge in [0.15, 0.2) is 0 Å². The van der Waals surface area contributed by atoms with Crippen LogP contribution in [0.1, 0.15) is 30.1 Å². The highest BCUT2D eigenvalue weighted by Gasteiger charge is 2.38. The highest BCUT2D eigenvalue weighted by molar-refractivity contribution is 7.89. The molecule has 7 nitrogen and oxygen atoms in total. The highest BCUT2D eigenvalue weighted by atomic mass is 32.2. The molecule has 1 saturated heterocycles. The van der Waals surface area contributed by atoms with Crippen LogP contribution >= 0.6 is 0 Å². The summed E-state index contributed by atoms with van der Waals surface area (Å²) in [4.78, 5) is 12.2. The zero-order valence-electron chi connectivity index (χ0n) is 13.5. The Labute approximate surface area is 141 Å². The maximum absolute atomic E-state index is 12.9. The summed E-state index contributed by atoms with van der Waals surface area (Å²) in [5.74, 6) is -0.262. The van der Waals surface area contributed by atoms with E-state index in [0.717, 1.165) is 12.8 Å². The van der Waals surface area contributed by atoms with Crippen LogP contribution in [0.3, 0.4) is 0 Å². The number of carbonyl (C=O) groups is 1. The van der Waals surface area contributed by atoms with E-state index in [1.807, 2.05) is 0 Å². The van der Waals surface area contributed by atoms with Gasteiger partial charge >= 0.3 is 0 Å². The third-order valence-corrected chi connectivity index (χ3v) is 6.31. The molecule has 0 spiro atoms. The molecule has 1 saturated carbocycles. The number of hydrogen-bond acceptors (Lipinski definition) is 5. The van der Waals surface area contributed by atoms with Crippen LogP contribution in [0.5, 0.6) is 0 Å². The summed E-state index contributed by atoms with van der Waals surface area (Å²) in [6, 6.07) is 5.61. The second kappa shape index (κ2) is 6.79. The third kappa shape index (κ3) is 3.46. The lowest BCUT2D eigenvalue weighted by molar-refractivity contribution is 0.0950. The van der Waals surface area contributed by atoms with E-state index in [9.17, 15) is 18.3 Å². The molecule has 2 fully saturated rings. The Hall–Kier alpha value is -1.48. The van der Waals surface area contributed by atoms with Gasteiger partial charge in [0.2, 0.25) is 10.0 Å². The van der Waals surface area contributed by atoms with E-state index in [0.29, 0.717) is 5.56 Å². The first-order valence-corrected chi connectivity index (χ1v) is 9.56. The standard InChI is InChI=1S/C16H22N2O5S/c1-2-18(14-9-23-10-15(14)19)24(21,22)13-5-3-4-11(8-13)16(20)17-12-6-7-12/h3-5,8,12,14-15,19H,2,6-7,9-10H2,1H3,(H,17,20). The SMILES string of the molecule is CCN(C1COCC1O)S(=O)(=O)c1cccc(C(=O)NC2CC2)c1. The molecule has 1 heterocycles. The average molecular weight is 354 g/mol. The van der Waals surface area contributed by atoms with E-state index in [2.05, 4.69) is 5.32 Å². The van der Waals surface area contributed by atoms with Gasteiger partial charge in [0, 0.05) is 18.2 Å². The number of sulfonamides is 1. The van der Waals surface area contributed by atoms with Crippen molar-refractivity contribution >= 4 is 15.9 Å². The van der Waals surface area contributed by atoms with E-state index < -0.39 is 22.2 Å². The molecule has 24 heavy (non-hydrogen) atoms. The molecule has 1 aromatic rings. The van der Waals surface area contributed by atoms with Crippen molar-refractivity contribution in [2.24, 2.45) is 0 Å². The van der Waals surface area contributed by atoms with Gasteiger partial charge in [-0.2, -0.15) is 4.31 Å². The number of amides is 1. The molecule has 1 aromatic carbocycles. The molecule has 2 aliphatic rings. The summed E-state index contributed by atoms with van der Waals surface area (Å²) in [5, 5.41) is 12.8. The monoisotopic (exact) mass is 354 g/mol. The van der Waals surface area contributed by atoms with E-state index in [-0.39, 0.29) is 36.6 Å². The Morgan fingerprint density at radius 1 is 1.38 bits per heavy atom. The van der Waals surface area contributed by atoms with E-state index in [1.165, 1.54) is 16.4 Å². The average Bonchev–Trinajstić information content (AvgIpc) is 3.28. The fourth-order valence-electron chi connectivity index (χ4n) is 2.82. The van der Waals surface area contributed by atoms with Crippen LogP contribution in [-0.2, 0) is 14.8 Å². The van der Waals surface area contributed by atoms with E-state index in [4.69, 9.17) is 4.74 Å².